The number of carbonyl (C=O) groups excluding carboxylic acids is 3. The summed E-state index contributed by atoms with van der Waals surface area (Å²) < 4.78 is 23.8. The van der Waals surface area contributed by atoms with E-state index in [-0.39, 0.29) is 19.8 Å². The number of nitrogens with one attached hydrogen (secondary N) is 2. The highest BCUT2D eigenvalue weighted by molar-refractivity contribution is 6.07. The first-order chi connectivity index (χ1) is 13.9. The van der Waals surface area contributed by atoms with Gasteiger partial charge in [-0.15, -0.1) is 0 Å². The molecular formula is C20H18FN3O5. The van der Waals surface area contributed by atoms with Crippen molar-refractivity contribution in [1.82, 2.24) is 10.2 Å². The van der Waals surface area contributed by atoms with Crippen LogP contribution in [0.3, 0.4) is 0 Å². The first-order valence-electron chi connectivity index (χ1n) is 8.96. The van der Waals surface area contributed by atoms with Crippen molar-refractivity contribution in [3.8, 4) is 11.5 Å². The summed E-state index contributed by atoms with van der Waals surface area (Å²) in [6.07, 6.45) is -0.118. The van der Waals surface area contributed by atoms with Gasteiger partial charge >= 0.3 is 6.03 Å². The fraction of sp³-hybridized carbons (Fsp3) is 0.250. The standard InChI is InChI=1S/C20H18FN3O5/c1-20(12-5-6-15-16(9-12)29-11-28-15)18(26)24(19(27)23-20)8-7-17(25)22-14-4-2-3-13(21)10-14/h2-6,9-10H,7-8,11H2,1H3,(H,22,25)(H,23,27). The molecule has 8 nitrogen and oxygen atoms in total. The molecule has 0 aliphatic carbocycles. The average Bonchev–Trinajstić information content (AvgIpc) is 3.23. The molecule has 1 saturated heterocycles. The van der Waals surface area contributed by atoms with Crippen molar-refractivity contribution < 1.29 is 28.2 Å². The van der Waals surface area contributed by atoms with Crippen LogP contribution in [0, 0.1) is 5.82 Å². The number of fused-ring (bicyclic) bond motifs is 1. The second-order valence-electron chi connectivity index (χ2n) is 6.89. The molecule has 2 N–H and O–H groups in total. The van der Waals surface area contributed by atoms with E-state index in [0.717, 1.165) is 4.90 Å². The number of benzene rings is 2. The predicted molar refractivity (Wildman–Crippen MR) is 99.8 cm³/mol. The van der Waals surface area contributed by atoms with E-state index in [9.17, 15) is 18.8 Å². The van der Waals surface area contributed by atoms with Gasteiger partial charge < -0.3 is 20.1 Å². The Kier molecular flexibility index (Phi) is 4.57. The van der Waals surface area contributed by atoms with Gasteiger partial charge in [0.05, 0.1) is 0 Å². The van der Waals surface area contributed by atoms with Crippen LogP contribution in [-0.4, -0.2) is 36.1 Å². The lowest BCUT2D eigenvalue weighted by Gasteiger charge is -2.22. The lowest BCUT2D eigenvalue weighted by molar-refractivity contribution is -0.131. The van der Waals surface area contributed by atoms with Gasteiger partial charge in [0.15, 0.2) is 11.5 Å². The van der Waals surface area contributed by atoms with E-state index in [2.05, 4.69) is 10.6 Å². The number of rotatable bonds is 5. The van der Waals surface area contributed by atoms with Crippen LogP contribution in [-0.2, 0) is 15.1 Å². The van der Waals surface area contributed by atoms with Gasteiger partial charge in [-0.25, -0.2) is 9.18 Å². The van der Waals surface area contributed by atoms with Gasteiger partial charge in [-0.05, 0) is 42.8 Å². The summed E-state index contributed by atoms with van der Waals surface area (Å²) in [6, 6.07) is 9.89. The molecule has 9 heteroatoms. The third kappa shape index (κ3) is 3.46. The van der Waals surface area contributed by atoms with E-state index in [1.165, 1.54) is 18.2 Å². The molecule has 1 fully saturated rings. The maximum absolute atomic E-state index is 13.2. The van der Waals surface area contributed by atoms with Crippen molar-refractivity contribution >= 4 is 23.5 Å². The first-order valence-corrected chi connectivity index (χ1v) is 8.96. The van der Waals surface area contributed by atoms with Gasteiger partial charge in [0.1, 0.15) is 11.4 Å². The first kappa shape index (κ1) is 18.7. The minimum absolute atomic E-state index is 0.0996. The number of imide groups is 1. The molecule has 4 rings (SSSR count). The fourth-order valence-electron chi connectivity index (χ4n) is 3.31. The Morgan fingerprint density at radius 3 is 2.79 bits per heavy atom. The second-order valence-corrected chi connectivity index (χ2v) is 6.89. The summed E-state index contributed by atoms with van der Waals surface area (Å²) in [5.41, 5.74) is -0.430. The third-order valence-corrected chi connectivity index (χ3v) is 4.90. The molecule has 0 saturated carbocycles. The Labute approximate surface area is 165 Å². The van der Waals surface area contributed by atoms with Crippen molar-refractivity contribution in [2.75, 3.05) is 18.7 Å². The monoisotopic (exact) mass is 399 g/mol. The molecule has 2 heterocycles. The zero-order valence-electron chi connectivity index (χ0n) is 15.5. The number of ether oxygens (including phenoxy) is 2. The summed E-state index contributed by atoms with van der Waals surface area (Å²) in [4.78, 5) is 38.4. The summed E-state index contributed by atoms with van der Waals surface area (Å²) in [5.74, 6) is -0.317. The van der Waals surface area contributed by atoms with Crippen molar-refractivity contribution in [1.29, 1.82) is 0 Å². The van der Waals surface area contributed by atoms with Gasteiger partial charge in [0.25, 0.3) is 5.91 Å². The maximum atomic E-state index is 13.2. The van der Waals surface area contributed by atoms with E-state index in [1.807, 2.05) is 0 Å². The van der Waals surface area contributed by atoms with E-state index in [4.69, 9.17) is 9.47 Å². The van der Waals surface area contributed by atoms with Gasteiger partial charge in [-0.1, -0.05) is 12.1 Å². The summed E-state index contributed by atoms with van der Waals surface area (Å²) in [6.45, 7) is 1.59. The number of urea groups is 1. The number of hydrogen-bond donors (Lipinski definition) is 2. The smallest absolute Gasteiger partial charge is 0.325 e. The van der Waals surface area contributed by atoms with Crippen molar-refractivity contribution in [2.24, 2.45) is 0 Å². The van der Waals surface area contributed by atoms with Gasteiger partial charge in [-0.3, -0.25) is 14.5 Å². The molecule has 29 heavy (non-hydrogen) atoms. The lowest BCUT2D eigenvalue weighted by atomic mass is 9.91. The van der Waals surface area contributed by atoms with Crippen LogP contribution in [0.25, 0.3) is 0 Å². The normalized spacial score (nSPS) is 20.0. The van der Waals surface area contributed by atoms with Crippen LogP contribution in [0.4, 0.5) is 14.9 Å². The number of halogens is 1. The van der Waals surface area contributed by atoms with E-state index >= 15 is 0 Å². The zero-order chi connectivity index (χ0) is 20.6. The van der Waals surface area contributed by atoms with Crippen LogP contribution >= 0.6 is 0 Å². The Bertz CT molecular complexity index is 1010. The number of amides is 4. The third-order valence-electron chi connectivity index (χ3n) is 4.90. The minimum Gasteiger partial charge on any atom is -0.454 e. The lowest BCUT2D eigenvalue weighted by Crippen LogP contribution is -2.41. The molecule has 1 atom stereocenters. The Hall–Kier alpha value is -3.62. The van der Waals surface area contributed by atoms with E-state index < -0.39 is 29.2 Å². The van der Waals surface area contributed by atoms with Crippen LogP contribution in [0.2, 0.25) is 0 Å². The molecule has 1 unspecified atom stereocenters. The van der Waals surface area contributed by atoms with Gasteiger partial charge in [0, 0.05) is 18.7 Å². The minimum atomic E-state index is -1.28. The Balaban J connectivity index is 1.43. The van der Waals surface area contributed by atoms with Gasteiger partial charge in [-0.2, -0.15) is 0 Å². The second kappa shape index (κ2) is 7.08. The molecule has 2 aliphatic heterocycles. The SMILES string of the molecule is CC1(c2ccc3c(c2)OCO3)NC(=O)N(CCC(=O)Nc2cccc(F)c2)C1=O. The average molecular weight is 399 g/mol. The molecule has 0 bridgehead atoms. The van der Waals surface area contributed by atoms with Crippen LogP contribution in [0.1, 0.15) is 18.9 Å². The zero-order valence-corrected chi connectivity index (χ0v) is 15.5. The van der Waals surface area contributed by atoms with Gasteiger partial charge in [0.2, 0.25) is 12.7 Å². The highest BCUT2D eigenvalue weighted by Crippen LogP contribution is 2.37. The number of hydrogen-bond acceptors (Lipinski definition) is 5. The fourth-order valence-corrected chi connectivity index (χ4v) is 3.31. The summed E-state index contributed by atoms with van der Waals surface area (Å²) >= 11 is 0. The summed E-state index contributed by atoms with van der Waals surface area (Å²) in [7, 11) is 0. The largest absolute Gasteiger partial charge is 0.454 e. The quantitative estimate of drug-likeness (QED) is 0.753. The predicted octanol–water partition coefficient (Wildman–Crippen LogP) is 2.35. The molecule has 2 aromatic rings. The molecular weight excluding hydrogens is 381 g/mol. The van der Waals surface area contributed by atoms with Crippen LogP contribution in [0.15, 0.2) is 42.5 Å². The Morgan fingerprint density at radius 2 is 2.00 bits per heavy atom. The molecule has 2 aliphatic rings. The van der Waals surface area contributed by atoms with Crippen molar-refractivity contribution in [3.63, 3.8) is 0 Å². The van der Waals surface area contributed by atoms with E-state index in [0.29, 0.717) is 22.7 Å². The molecule has 150 valence electrons. The van der Waals surface area contributed by atoms with Crippen LogP contribution < -0.4 is 20.1 Å². The van der Waals surface area contributed by atoms with Crippen molar-refractivity contribution in [2.45, 2.75) is 18.9 Å². The molecule has 0 aromatic heterocycles. The number of anilines is 1. The molecule has 0 spiro atoms. The topological polar surface area (TPSA) is 97.0 Å². The highest BCUT2D eigenvalue weighted by Gasteiger charge is 2.49. The Morgan fingerprint density at radius 1 is 1.21 bits per heavy atom. The summed E-state index contributed by atoms with van der Waals surface area (Å²) in [5, 5.41) is 5.22. The van der Waals surface area contributed by atoms with E-state index in [1.54, 1.807) is 31.2 Å². The van der Waals surface area contributed by atoms with Crippen LogP contribution in [0.5, 0.6) is 11.5 Å². The highest BCUT2D eigenvalue weighted by atomic mass is 19.1. The maximum Gasteiger partial charge on any atom is 0.325 e. The number of nitrogens with zero attached hydrogens (tertiary/aromatic N) is 1. The van der Waals surface area contributed by atoms with Crippen molar-refractivity contribution in [3.05, 3.63) is 53.8 Å². The molecule has 2 aromatic carbocycles. The molecule has 0 radical (unpaired) electrons. The molecule has 4 amide bonds. The number of carbonyl (C=O) groups is 3.